The zero-order chi connectivity index (χ0) is 15.1. The normalized spacial score (nSPS) is 11.4. The Morgan fingerprint density at radius 2 is 1.68 bits per heavy atom. The first kappa shape index (κ1) is 13.1. The second-order valence-electron chi connectivity index (χ2n) is 5.55. The number of benzene rings is 2. The van der Waals surface area contributed by atoms with E-state index in [4.69, 9.17) is 9.40 Å². The second-order valence-corrected chi connectivity index (χ2v) is 5.55. The molecule has 0 fully saturated rings. The standard InChI is InChI=1S/C20H17NO/c1-3-15-18-16-11-7-8-12-17(16)22-20(18)13(2)21-19(15)14-9-5-4-6-10-14/h4-12H,3H2,1-2H3. The van der Waals surface area contributed by atoms with Gasteiger partial charge in [-0.1, -0.05) is 55.5 Å². The van der Waals surface area contributed by atoms with E-state index in [1.807, 2.05) is 25.1 Å². The quantitative estimate of drug-likeness (QED) is 0.485. The van der Waals surface area contributed by atoms with E-state index >= 15 is 0 Å². The average molecular weight is 287 g/mol. The van der Waals surface area contributed by atoms with Crippen LogP contribution >= 0.6 is 0 Å². The molecular formula is C20H17NO. The molecule has 4 rings (SSSR count). The van der Waals surface area contributed by atoms with E-state index in [1.54, 1.807) is 0 Å². The van der Waals surface area contributed by atoms with Crippen LogP contribution in [-0.4, -0.2) is 4.98 Å². The number of nitrogens with zero attached hydrogens (tertiary/aromatic N) is 1. The molecule has 4 aromatic rings. The van der Waals surface area contributed by atoms with Gasteiger partial charge in [0, 0.05) is 16.3 Å². The summed E-state index contributed by atoms with van der Waals surface area (Å²) in [5.41, 5.74) is 6.29. The maximum absolute atomic E-state index is 6.05. The Hall–Kier alpha value is -2.61. The van der Waals surface area contributed by atoms with Gasteiger partial charge in [0.05, 0.1) is 11.4 Å². The molecule has 2 nitrogen and oxygen atoms in total. The molecule has 2 heterocycles. The first-order chi connectivity index (χ1) is 10.8. The summed E-state index contributed by atoms with van der Waals surface area (Å²) in [6.45, 7) is 4.20. The van der Waals surface area contributed by atoms with Crippen LogP contribution < -0.4 is 0 Å². The van der Waals surface area contributed by atoms with Crippen molar-refractivity contribution in [3.63, 3.8) is 0 Å². The lowest BCUT2D eigenvalue weighted by molar-refractivity contribution is 0.662. The Morgan fingerprint density at radius 1 is 0.955 bits per heavy atom. The summed E-state index contributed by atoms with van der Waals surface area (Å²) in [5, 5.41) is 2.39. The summed E-state index contributed by atoms with van der Waals surface area (Å²) in [6.07, 6.45) is 0.928. The second kappa shape index (κ2) is 4.99. The van der Waals surface area contributed by atoms with Crippen molar-refractivity contribution in [3.05, 3.63) is 65.9 Å². The molecular weight excluding hydrogens is 270 g/mol. The van der Waals surface area contributed by atoms with Crippen LogP contribution in [0.1, 0.15) is 18.2 Å². The van der Waals surface area contributed by atoms with Crippen molar-refractivity contribution in [1.82, 2.24) is 4.98 Å². The largest absolute Gasteiger partial charge is 0.454 e. The molecule has 0 saturated heterocycles. The van der Waals surface area contributed by atoms with Gasteiger partial charge in [-0.05, 0) is 25.0 Å². The first-order valence-corrected chi connectivity index (χ1v) is 7.65. The van der Waals surface area contributed by atoms with Gasteiger partial charge in [0.25, 0.3) is 0 Å². The van der Waals surface area contributed by atoms with Crippen molar-refractivity contribution in [3.8, 4) is 11.3 Å². The third-order valence-electron chi connectivity index (χ3n) is 4.19. The number of fused-ring (bicyclic) bond motifs is 3. The zero-order valence-electron chi connectivity index (χ0n) is 12.8. The number of pyridine rings is 1. The zero-order valence-corrected chi connectivity index (χ0v) is 12.8. The van der Waals surface area contributed by atoms with Gasteiger partial charge in [-0.15, -0.1) is 0 Å². The molecule has 0 N–H and O–H groups in total. The fourth-order valence-electron chi connectivity index (χ4n) is 3.18. The summed E-state index contributed by atoms with van der Waals surface area (Å²) in [6, 6.07) is 18.6. The van der Waals surface area contributed by atoms with Gasteiger partial charge in [0.15, 0.2) is 5.58 Å². The van der Waals surface area contributed by atoms with E-state index in [0.717, 1.165) is 34.5 Å². The third-order valence-corrected chi connectivity index (χ3v) is 4.19. The van der Waals surface area contributed by atoms with E-state index in [1.165, 1.54) is 16.3 Å². The number of hydrogen-bond acceptors (Lipinski definition) is 2. The number of hydrogen-bond donors (Lipinski definition) is 0. The van der Waals surface area contributed by atoms with Crippen LogP contribution in [0.5, 0.6) is 0 Å². The van der Waals surface area contributed by atoms with Crippen molar-refractivity contribution >= 4 is 21.9 Å². The monoisotopic (exact) mass is 287 g/mol. The van der Waals surface area contributed by atoms with Crippen LogP contribution in [0.2, 0.25) is 0 Å². The van der Waals surface area contributed by atoms with Crippen LogP contribution in [0.15, 0.2) is 59.0 Å². The summed E-state index contributed by atoms with van der Waals surface area (Å²) >= 11 is 0. The predicted molar refractivity (Wildman–Crippen MR) is 91.1 cm³/mol. The molecule has 2 heteroatoms. The van der Waals surface area contributed by atoms with Crippen molar-refractivity contribution in [2.75, 3.05) is 0 Å². The fourth-order valence-corrected chi connectivity index (χ4v) is 3.18. The van der Waals surface area contributed by atoms with E-state index < -0.39 is 0 Å². The Kier molecular flexibility index (Phi) is 2.97. The number of aryl methyl sites for hydroxylation is 2. The molecule has 0 atom stereocenters. The molecule has 108 valence electrons. The third kappa shape index (κ3) is 1.84. The molecule has 0 saturated carbocycles. The summed E-state index contributed by atoms with van der Waals surface area (Å²) in [5.74, 6) is 0. The molecule has 0 bridgehead atoms. The first-order valence-electron chi connectivity index (χ1n) is 7.65. The minimum absolute atomic E-state index is 0.915. The topological polar surface area (TPSA) is 26.0 Å². The van der Waals surface area contributed by atoms with Gasteiger partial charge in [-0.2, -0.15) is 0 Å². The number of aromatic nitrogens is 1. The van der Waals surface area contributed by atoms with E-state index in [-0.39, 0.29) is 0 Å². The highest BCUT2D eigenvalue weighted by atomic mass is 16.3. The van der Waals surface area contributed by atoms with Gasteiger partial charge < -0.3 is 4.42 Å². The number of furan rings is 1. The van der Waals surface area contributed by atoms with Gasteiger partial charge in [-0.3, -0.25) is 0 Å². The van der Waals surface area contributed by atoms with Crippen LogP contribution in [0.25, 0.3) is 33.2 Å². The number of rotatable bonds is 2. The van der Waals surface area contributed by atoms with Gasteiger partial charge in [0.1, 0.15) is 5.58 Å². The molecule has 0 radical (unpaired) electrons. The maximum atomic E-state index is 6.05. The molecule has 22 heavy (non-hydrogen) atoms. The highest BCUT2D eigenvalue weighted by molar-refractivity contribution is 6.08. The van der Waals surface area contributed by atoms with Crippen LogP contribution in [0.3, 0.4) is 0 Å². The molecule has 0 aliphatic carbocycles. The van der Waals surface area contributed by atoms with Gasteiger partial charge >= 0.3 is 0 Å². The molecule has 0 spiro atoms. The van der Waals surface area contributed by atoms with Crippen LogP contribution in [0, 0.1) is 6.92 Å². The molecule has 0 unspecified atom stereocenters. The van der Waals surface area contributed by atoms with Crippen molar-refractivity contribution in [2.45, 2.75) is 20.3 Å². The predicted octanol–water partition coefficient (Wildman–Crippen LogP) is 5.52. The van der Waals surface area contributed by atoms with E-state index in [9.17, 15) is 0 Å². The molecule has 2 aromatic heterocycles. The average Bonchev–Trinajstić information content (AvgIpc) is 2.96. The molecule has 2 aromatic carbocycles. The Morgan fingerprint density at radius 3 is 2.45 bits per heavy atom. The fraction of sp³-hybridized carbons (Fsp3) is 0.150. The Labute approximate surface area is 129 Å². The van der Waals surface area contributed by atoms with E-state index in [2.05, 4.69) is 43.3 Å². The maximum Gasteiger partial charge on any atom is 0.156 e. The van der Waals surface area contributed by atoms with Crippen LogP contribution in [0.4, 0.5) is 0 Å². The molecule has 0 aliphatic heterocycles. The smallest absolute Gasteiger partial charge is 0.156 e. The lowest BCUT2D eigenvalue weighted by atomic mass is 9.98. The lowest BCUT2D eigenvalue weighted by Crippen LogP contribution is -1.96. The number of para-hydroxylation sites is 1. The van der Waals surface area contributed by atoms with Gasteiger partial charge in [-0.25, -0.2) is 4.98 Å². The highest BCUT2D eigenvalue weighted by Gasteiger charge is 2.18. The lowest BCUT2D eigenvalue weighted by Gasteiger charge is -2.10. The highest BCUT2D eigenvalue weighted by Crippen LogP contribution is 2.37. The van der Waals surface area contributed by atoms with Crippen molar-refractivity contribution in [1.29, 1.82) is 0 Å². The summed E-state index contributed by atoms with van der Waals surface area (Å²) in [4.78, 5) is 4.84. The Bertz CT molecular complexity index is 967. The SMILES string of the molecule is CCc1c(-c2ccccc2)nc(C)c2oc3ccccc3c12. The van der Waals surface area contributed by atoms with E-state index in [0.29, 0.717) is 0 Å². The van der Waals surface area contributed by atoms with Crippen LogP contribution in [-0.2, 0) is 6.42 Å². The summed E-state index contributed by atoms with van der Waals surface area (Å²) in [7, 11) is 0. The van der Waals surface area contributed by atoms with Gasteiger partial charge in [0.2, 0.25) is 0 Å². The minimum atomic E-state index is 0.915. The summed E-state index contributed by atoms with van der Waals surface area (Å²) < 4.78 is 6.05. The minimum Gasteiger partial charge on any atom is -0.454 e. The molecule has 0 aliphatic rings. The van der Waals surface area contributed by atoms with Crippen molar-refractivity contribution < 1.29 is 4.42 Å². The molecule has 0 amide bonds. The Balaban J connectivity index is 2.17. The van der Waals surface area contributed by atoms with Crippen molar-refractivity contribution in [2.24, 2.45) is 0 Å².